The molecule has 4 aromatic rings. The summed E-state index contributed by atoms with van der Waals surface area (Å²) in [5, 5.41) is 21.2. The average Bonchev–Trinajstić information content (AvgIpc) is 3.18. The van der Waals surface area contributed by atoms with Crippen LogP contribution < -0.4 is 4.74 Å². The number of hydrogen-bond acceptors (Lipinski definition) is 6. The van der Waals surface area contributed by atoms with Gasteiger partial charge in [0.15, 0.2) is 5.16 Å². The fourth-order valence-corrected chi connectivity index (χ4v) is 5.72. The summed E-state index contributed by atoms with van der Waals surface area (Å²) in [6.07, 6.45) is 0. The lowest BCUT2D eigenvalue weighted by Gasteiger charge is -2.16. The minimum Gasteiger partial charge on any atom is -0.488 e. The lowest BCUT2D eigenvalue weighted by molar-refractivity contribution is -0.479. The molecule has 186 valence electrons. The van der Waals surface area contributed by atoms with Crippen LogP contribution in [0.1, 0.15) is 27.8 Å². The van der Waals surface area contributed by atoms with Crippen LogP contribution in [0.25, 0.3) is 5.69 Å². The largest absolute Gasteiger partial charge is 0.488 e. The zero-order valence-electron chi connectivity index (χ0n) is 19.3. The molecule has 1 heterocycles. The molecule has 7 nitrogen and oxygen atoms in total. The van der Waals surface area contributed by atoms with Gasteiger partial charge in [-0.15, -0.1) is 10.2 Å². The van der Waals surface area contributed by atoms with E-state index in [9.17, 15) is 10.1 Å². The van der Waals surface area contributed by atoms with Gasteiger partial charge in [-0.3, -0.25) is 14.7 Å². The third-order valence-electron chi connectivity index (χ3n) is 5.34. The predicted molar refractivity (Wildman–Crippen MR) is 146 cm³/mol. The second kappa shape index (κ2) is 11.6. The van der Waals surface area contributed by atoms with E-state index < -0.39 is 5.25 Å². The van der Waals surface area contributed by atoms with Gasteiger partial charge >= 0.3 is 0 Å². The lowest BCUT2D eigenvalue weighted by Crippen LogP contribution is -2.11. The van der Waals surface area contributed by atoms with Crippen LogP contribution in [-0.2, 0) is 6.61 Å². The molecule has 0 saturated carbocycles. The number of hydrogen-bond donors (Lipinski definition) is 0. The predicted octanol–water partition coefficient (Wildman–Crippen LogP) is 7.64. The Morgan fingerprint density at radius 3 is 2.61 bits per heavy atom. The van der Waals surface area contributed by atoms with Gasteiger partial charge < -0.3 is 4.74 Å². The first-order chi connectivity index (χ1) is 17.2. The van der Waals surface area contributed by atoms with Crippen molar-refractivity contribution in [3.63, 3.8) is 0 Å². The average molecular weight is 608 g/mol. The normalized spacial score (nSPS) is 11.9. The maximum Gasteiger partial charge on any atom is 0.220 e. The second-order valence-corrected chi connectivity index (χ2v) is 10.9. The molecule has 11 heteroatoms. The number of aryl methyl sites for hydroxylation is 2. The Kier molecular flexibility index (Phi) is 8.56. The van der Waals surface area contributed by atoms with E-state index in [1.807, 2.05) is 60.9 Å². The van der Waals surface area contributed by atoms with Crippen molar-refractivity contribution in [1.29, 1.82) is 0 Å². The maximum atomic E-state index is 11.5. The summed E-state index contributed by atoms with van der Waals surface area (Å²) in [4.78, 5) is 11.2. The highest BCUT2D eigenvalue weighted by atomic mass is 79.9. The van der Waals surface area contributed by atoms with E-state index in [1.54, 1.807) is 18.2 Å². The van der Waals surface area contributed by atoms with E-state index >= 15 is 0 Å². The van der Waals surface area contributed by atoms with Crippen LogP contribution in [0.5, 0.6) is 5.75 Å². The van der Waals surface area contributed by atoms with Crippen molar-refractivity contribution in [2.24, 2.45) is 0 Å². The molecule has 0 aliphatic rings. The smallest absolute Gasteiger partial charge is 0.220 e. The summed E-state index contributed by atoms with van der Waals surface area (Å²) in [5.41, 5.74) is 3.56. The summed E-state index contributed by atoms with van der Waals surface area (Å²) in [6.45, 7) is 3.84. The van der Waals surface area contributed by atoms with Gasteiger partial charge in [-0.05, 0) is 77.3 Å². The van der Waals surface area contributed by atoms with Crippen LogP contribution in [0.2, 0.25) is 10.0 Å². The van der Waals surface area contributed by atoms with Crippen molar-refractivity contribution < 1.29 is 9.66 Å². The quantitative estimate of drug-likeness (QED) is 0.110. The first kappa shape index (κ1) is 26.5. The lowest BCUT2D eigenvalue weighted by atomic mass is 10.1. The van der Waals surface area contributed by atoms with E-state index in [2.05, 4.69) is 26.1 Å². The Balaban J connectivity index is 1.58. The van der Waals surface area contributed by atoms with Gasteiger partial charge in [0.2, 0.25) is 6.54 Å². The molecule has 0 aliphatic heterocycles. The molecule has 0 spiro atoms. The first-order valence-electron chi connectivity index (χ1n) is 10.8. The van der Waals surface area contributed by atoms with E-state index in [0.717, 1.165) is 22.4 Å². The monoisotopic (exact) mass is 606 g/mol. The minimum atomic E-state index is -0.497. The molecule has 0 radical (unpaired) electrons. The molecule has 4 rings (SSSR count). The molecule has 0 bridgehead atoms. The van der Waals surface area contributed by atoms with Crippen molar-refractivity contribution in [1.82, 2.24) is 14.8 Å². The minimum absolute atomic E-state index is 0.250. The second-order valence-electron chi connectivity index (χ2n) is 8.04. The number of aromatic nitrogens is 3. The van der Waals surface area contributed by atoms with E-state index in [1.165, 1.54) is 11.8 Å². The third-order valence-corrected chi connectivity index (χ3v) is 7.73. The number of benzene rings is 3. The molecule has 0 amide bonds. The third kappa shape index (κ3) is 6.39. The molecule has 0 N–H and O–H groups in total. The number of ether oxygens (including phenoxy) is 1. The molecule has 3 aromatic carbocycles. The van der Waals surface area contributed by atoms with Gasteiger partial charge in [0.25, 0.3) is 0 Å². The summed E-state index contributed by atoms with van der Waals surface area (Å²) in [5.74, 6) is 1.29. The van der Waals surface area contributed by atoms with Crippen LogP contribution in [0.4, 0.5) is 0 Å². The van der Waals surface area contributed by atoms with E-state index in [4.69, 9.17) is 27.9 Å². The van der Waals surface area contributed by atoms with Crippen LogP contribution in [0, 0.1) is 24.0 Å². The number of nitrogens with zero attached hydrogens (tertiary/aromatic N) is 4. The summed E-state index contributed by atoms with van der Waals surface area (Å²) < 4.78 is 8.51. The van der Waals surface area contributed by atoms with Crippen molar-refractivity contribution in [2.75, 3.05) is 6.54 Å². The van der Waals surface area contributed by atoms with Gasteiger partial charge in [0.05, 0.1) is 4.47 Å². The number of rotatable bonds is 9. The highest BCUT2D eigenvalue weighted by Crippen LogP contribution is 2.39. The SMILES string of the molecule is Cc1cccc(-n2c(C)nnc2S[C@H](C[N+](=O)[O-])c2ccc(OCc3ccc(Cl)cc3Cl)c(Br)c2)c1. The number of halogens is 3. The highest BCUT2D eigenvalue weighted by Gasteiger charge is 2.24. The Morgan fingerprint density at radius 1 is 1.11 bits per heavy atom. The fourth-order valence-electron chi connectivity index (χ4n) is 3.59. The Bertz CT molecular complexity index is 1420. The van der Waals surface area contributed by atoms with Gasteiger partial charge in [0.1, 0.15) is 23.4 Å². The molecule has 1 aromatic heterocycles. The Morgan fingerprint density at radius 2 is 1.92 bits per heavy atom. The molecule has 36 heavy (non-hydrogen) atoms. The van der Waals surface area contributed by atoms with Gasteiger partial charge in [-0.25, -0.2) is 0 Å². The Labute approximate surface area is 231 Å². The molecule has 0 unspecified atom stereocenters. The molecular weight excluding hydrogens is 587 g/mol. The molecule has 0 aliphatic carbocycles. The van der Waals surface area contributed by atoms with E-state index in [-0.39, 0.29) is 18.1 Å². The summed E-state index contributed by atoms with van der Waals surface area (Å²) in [6, 6.07) is 18.6. The first-order valence-corrected chi connectivity index (χ1v) is 13.3. The van der Waals surface area contributed by atoms with Crippen molar-refractivity contribution in [3.05, 3.63) is 108 Å². The van der Waals surface area contributed by atoms with Gasteiger partial charge in [-0.1, -0.05) is 59.2 Å². The van der Waals surface area contributed by atoms with Crippen LogP contribution >= 0.6 is 50.9 Å². The fraction of sp³-hybridized carbons (Fsp3) is 0.200. The van der Waals surface area contributed by atoms with Crippen LogP contribution in [0.15, 0.2) is 70.3 Å². The van der Waals surface area contributed by atoms with Gasteiger partial charge in [0, 0.05) is 26.2 Å². The number of thioether (sulfide) groups is 1. The summed E-state index contributed by atoms with van der Waals surface area (Å²) >= 11 is 17.0. The summed E-state index contributed by atoms with van der Waals surface area (Å²) in [7, 11) is 0. The van der Waals surface area contributed by atoms with Crippen LogP contribution in [0.3, 0.4) is 0 Å². The number of nitro groups is 1. The molecule has 1 atom stereocenters. The van der Waals surface area contributed by atoms with E-state index in [0.29, 0.717) is 31.2 Å². The van der Waals surface area contributed by atoms with Crippen molar-refractivity contribution >= 4 is 50.9 Å². The Hall–Kier alpha value is -2.59. The van der Waals surface area contributed by atoms with Crippen molar-refractivity contribution in [2.45, 2.75) is 30.9 Å². The zero-order valence-corrected chi connectivity index (χ0v) is 23.2. The van der Waals surface area contributed by atoms with Crippen molar-refractivity contribution in [3.8, 4) is 11.4 Å². The standard InChI is InChI=1S/C25H21BrCl2N4O3S/c1-15-4-3-5-20(10-15)32-16(2)29-30-25(32)36-24(13-31(33)34)17-7-9-23(21(26)11-17)35-14-18-6-8-19(27)12-22(18)28/h3-12,24H,13-14H2,1-2H3/t24-/m1/s1. The topological polar surface area (TPSA) is 83.1 Å². The molecule has 0 saturated heterocycles. The van der Waals surface area contributed by atoms with Gasteiger partial charge in [-0.2, -0.15) is 0 Å². The molecular formula is C25H21BrCl2N4O3S. The molecule has 0 fully saturated rings. The van der Waals surface area contributed by atoms with Crippen LogP contribution in [-0.4, -0.2) is 26.2 Å². The zero-order chi connectivity index (χ0) is 25.8. The maximum absolute atomic E-state index is 11.5. The highest BCUT2D eigenvalue weighted by molar-refractivity contribution is 9.10.